The van der Waals surface area contributed by atoms with Gasteiger partial charge in [0.05, 0.1) is 13.0 Å². The third-order valence-electron chi connectivity index (χ3n) is 2.45. The van der Waals surface area contributed by atoms with Crippen LogP contribution in [0.5, 0.6) is 0 Å². The zero-order valence-electron chi connectivity index (χ0n) is 10.7. The summed E-state index contributed by atoms with van der Waals surface area (Å²) in [6.07, 6.45) is -8.82. The standard InChI is InChI=1S/C12H9F5N2O2/c1-2-21-8(20)3-6-5-19-7(4-18)10(12(15,16)17)9(6)11(13)14/h5,11H,2-3H2,1H3. The minimum Gasteiger partial charge on any atom is -0.466 e. The lowest BCUT2D eigenvalue weighted by molar-refractivity contribution is -0.143. The van der Waals surface area contributed by atoms with Gasteiger partial charge in [0, 0.05) is 11.8 Å². The van der Waals surface area contributed by atoms with Crippen LogP contribution < -0.4 is 0 Å². The molecule has 0 amide bonds. The molecule has 0 aromatic carbocycles. The molecule has 21 heavy (non-hydrogen) atoms. The molecule has 1 rings (SSSR count). The summed E-state index contributed by atoms with van der Waals surface area (Å²) in [7, 11) is 0. The van der Waals surface area contributed by atoms with E-state index in [-0.39, 0.29) is 6.61 Å². The summed E-state index contributed by atoms with van der Waals surface area (Å²) in [6, 6.07) is 1.12. The van der Waals surface area contributed by atoms with E-state index in [0.29, 0.717) is 6.20 Å². The fraction of sp³-hybridized carbons (Fsp3) is 0.417. The fourth-order valence-corrected chi connectivity index (χ4v) is 1.69. The van der Waals surface area contributed by atoms with Gasteiger partial charge in [-0.25, -0.2) is 13.8 Å². The van der Waals surface area contributed by atoms with Gasteiger partial charge < -0.3 is 4.74 Å². The van der Waals surface area contributed by atoms with E-state index in [1.165, 1.54) is 6.92 Å². The number of aromatic nitrogens is 1. The van der Waals surface area contributed by atoms with Crippen LogP contribution in [0.15, 0.2) is 6.20 Å². The molecule has 0 aliphatic rings. The first-order valence-corrected chi connectivity index (χ1v) is 5.65. The second kappa shape index (κ2) is 6.47. The highest BCUT2D eigenvalue weighted by molar-refractivity contribution is 5.73. The second-order valence-electron chi connectivity index (χ2n) is 3.81. The van der Waals surface area contributed by atoms with Crippen molar-refractivity contribution in [1.82, 2.24) is 4.98 Å². The minimum atomic E-state index is -5.19. The summed E-state index contributed by atoms with van der Waals surface area (Å²) in [4.78, 5) is 14.5. The van der Waals surface area contributed by atoms with Crippen LogP contribution in [-0.2, 0) is 22.1 Å². The van der Waals surface area contributed by atoms with Gasteiger partial charge in [-0.3, -0.25) is 4.79 Å². The lowest BCUT2D eigenvalue weighted by Gasteiger charge is -2.16. The predicted molar refractivity (Wildman–Crippen MR) is 59.2 cm³/mol. The van der Waals surface area contributed by atoms with Crippen LogP contribution in [0.4, 0.5) is 22.0 Å². The van der Waals surface area contributed by atoms with E-state index in [1.807, 2.05) is 0 Å². The third kappa shape index (κ3) is 3.87. The highest BCUT2D eigenvalue weighted by Gasteiger charge is 2.41. The van der Waals surface area contributed by atoms with Gasteiger partial charge >= 0.3 is 12.1 Å². The molecule has 0 bridgehead atoms. The van der Waals surface area contributed by atoms with Crippen LogP contribution >= 0.6 is 0 Å². The summed E-state index contributed by atoms with van der Waals surface area (Å²) < 4.78 is 69.1. The third-order valence-corrected chi connectivity index (χ3v) is 2.45. The number of nitriles is 1. The van der Waals surface area contributed by atoms with E-state index in [4.69, 9.17) is 5.26 Å². The second-order valence-corrected chi connectivity index (χ2v) is 3.81. The van der Waals surface area contributed by atoms with Crippen LogP contribution in [-0.4, -0.2) is 17.6 Å². The lowest BCUT2D eigenvalue weighted by Crippen LogP contribution is -2.18. The Morgan fingerprint density at radius 3 is 2.52 bits per heavy atom. The normalized spacial score (nSPS) is 11.3. The fourth-order valence-electron chi connectivity index (χ4n) is 1.69. The smallest absolute Gasteiger partial charge is 0.419 e. The Hall–Kier alpha value is -2.24. The Balaban J connectivity index is 3.47. The molecular weight excluding hydrogens is 299 g/mol. The summed E-state index contributed by atoms with van der Waals surface area (Å²) in [5.74, 6) is -0.959. The Kier molecular flexibility index (Phi) is 5.18. The summed E-state index contributed by atoms with van der Waals surface area (Å²) in [5.41, 5.74) is -5.01. The van der Waals surface area contributed by atoms with Gasteiger partial charge in [-0.1, -0.05) is 0 Å². The summed E-state index contributed by atoms with van der Waals surface area (Å²) in [5, 5.41) is 8.60. The number of nitrogens with zero attached hydrogens (tertiary/aromatic N) is 2. The molecule has 1 aromatic heterocycles. The molecule has 0 atom stereocenters. The average Bonchev–Trinajstić information content (AvgIpc) is 2.36. The molecule has 0 N–H and O–H groups in total. The maximum atomic E-state index is 13.0. The molecule has 114 valence electrons. The van der Waals surface area contributed by atoms with E-state index in [0.717, 1.165) is 6.07 Å². The monoisotopic (exact) mass is 308 g/mol. The molecular formula is C12H9F5N2O2. The minimum absolute atomic E-state index is 0.0430. The Morgan fingerprint density at radius 1 is 1.48 bits per heavy atom. The van der Waals surface area contributed by atoms with Gasteiger partial charge in [0.2, 0.25) is 0 Å². The Bertz CT molecular complexity index is 578. The van der Waals surface area contributed by atoms with Gasteiger partial charge in [0.15, 0.2) is 5.69 Å². The quantitative estimate of drug-likeness (QED) is 0.633. The van der Waals surface area contributed by atoms with Crippen LogP contribution in [0.3, 0.4) is 0 Å². The van der Waals surface area contributed by atoms with Crippen molar-refractivity contribution in [2.24, 2.45) is 0 Å². The first-order valence-electron chi connectivity index (χ1n) is 5.65. The number of hydrogen-bond acceptors (Lipinski definition) is 4. The number of halogens is 5. The van der Waals surface area contributed by atoms with Crippen molar-refractivity contribution in [3.05, 3.63) is 28.6 Å². The molecule has 0 spiro atoms. The number of carbonyl (C=O) groups is 1. The van der Waals surface area contributed by atoms with E-state index in [9.17, 15) is 26.7 Å². The van der Waals surface area contributed by atoms with Crippen molar-refractivity contribution in [3.63, 3.8) is 0 Å². The van der Waals surface area contributed by atoms with Crippen molar-refractivity contribution >= 4 is 5.97 Å². The van der Waals surface area contributed by atoms with Crippen molar-refractivity contribution in [2.45, 2.75) is 25.9 Å². The molecule has 0 fully saturated rings. The van der Waals surface area contributed by atoms with Gasteiger partial charge in [-0.15, -0.1) is 0 Å². The average molecular weight is 308 g/mol. The molecule has 0 saturated carbocycles. The van der Waals surface area contributed by atoms with E-state index < -0.39 is 47.4 Å². The SMILES string of the molecule is CCOC(=O)Cc1cnc(C#N)c(C(F)(F)F)c1C(F)F. The molecule has 0 radical (unpaired) electrons. The highest BCUT2D eigenvalue weighted by atomic mass is 19.4. The number of carbonyl (C=O) groups excluding carboxylic acids is 1. The first-order chi connectivity index (χ1) is 9.72. The largest absolute Gasteiger partial charge is 0.466 e. The molecule has 9 heteroatoms. The van der Waals surface area contributed by atoms with Crippen LogP contribution in [0.25, 0.3) is 0 Å². The number of rotatable bonds is 4. The molecule has 1 heterocycles. The van der Waals surface area contributed by atoms with Crippen molar-refractivity contribution < 1.29 is 31.5 Å². The van der Waals surface area contributed by atoms with E-state index in [1.54, 1.807) is 0 Å². The van der Waals surface area contributed by atoms with Gasteiger partial charge in [-0.05, 0) is 12.5 Å². The maximum absolute atomic E-state index is 13.0. The van der Waals surface area contributed by atoms with Crippen molar-refractivity contribution in [1.29, 1.82) is 5.26 Å². The molecule has 1 aromatic rings. The molecule has 0 unspecified atom stereocenters. The predicted octanol–water partition coefficient (Wildman–Crippen LogP) is 3.02. The highest BCUT2D eigenvalue weighted by Crippen LogP contribution is 2.39. The van der Waals surface area contributed by atoms with Crippen LogP contribution in [0.2, 0.25) is 0 Å². The van der Waals surface area contributed by atoms with Crippen molar-refractivity contribution in [2.75, 3.05) is 6.61 Å². The van der Waals surface area contributed by atoms with E-state index in [2.05, 4.69) is 9.72 Å². The zero-order chi connectivity index (χ0) is 16.2. The maximum Gasteiger partial charge on any atom is 0.419 e. The molecule has 0 aliphatic heterocycles. The van der Waals surface area contributed by atoms with Gasteiger partial charge in [-0.2, -0.15) is 18.4 Å². The number of alkyl halides is 5. The van der Waals surface area contributed by atoms with Gasteiger partial charge in [0.25, 0.3) is 6.43 Å². The van der Waals surface area contributed by atoms with Crippen molar-refractivity contribution in [3.8, 4) is 6.07 Å². The topological polar surface area (TPSA) is 63.0 Å². The van der Waals surface area contributed by atoms with E-state index >= 15 is 0 Å². The van der Waals surface area contributed by atoms with Crippen LogP contribution in [0, 0.1) is 11.3 Å². The Morgan fingerprint density at radius 2 is 2.10 bits per heavy atom. The van der Waals surface area contributed by atoms with Crippen LogP contribution in [0.1, 0.15) is 35.7 Å². The number of hydrogen-bond donors (Lipinski definition) is 0. The molecule has 4 nitrogen and oxygen atoms in total. The van der Waals surface area contributed by atoms with Gasteiger partial charge in [0.1, 0.15) is 11.6 Å². The summed E-state index contributed by atoms with van der Waals surface area (Å²) >= 11 is 0. The first kappa shape index (κ1) is 16.8. The number of esters is 1. The number of ether oxygens (including phenoxy) is 1. The molecule has 0 saturated heterocycles. The Labute approximate surface area is 116 Å². The zero-order valence-corrected chi connectivity index (χ0v) is 10.7. The molecule has 0 aliphatic carbocycles. The number of pyridine rings is 1. The summed E-state index contributed by atoms with van der Waals surface area (Å²) in [6.45, 7) is 1.42. The lowest BCUT2D eigenvalue weighted by atomic mass is 9.99.